The summed E-state index contributed by atoms with van der Waals surface area (Å²) >= 11 is 11.9. The molecule has 1 aliphatic heterocycles. The van der Waals surface area contributed by atoms with Gasteiger partial charge in [0.15, 0.2) is 0 Å². The Morgan fingerprint density at radius 3 is 2.69 bits per heavy atom. The molecule has 0 unspecified atom stereocenters. The summed E-state index contributed by atoms with van der Waals surface area (Å²) in [5, 5.41) is 7.91. The number of hydrogen-bond donors (Lipinski definition) is 1. The fourth-order valence-electron chi connectivity index (χ4n) is 4.51. The summed E-state index contributed by atoms with van der Waals surface area (Å²) in [4.78, 5) is 28.4. The largest absolute Gasteiger partial charge is 0.352 e. The van der Waals surface area contributed by atoms with Crippen LogP contribution in [0.2, 0.25) is 10.3 Å². The van der Waals surface area contributed by atoms with Gasteiger partial charge in [0, 0.05) is 74.1 Å². The van der Waals surface area contributed by atoms with E-state index in [-0.39, 0.29) is 17.6 Å². The number of halogens is 2. The molecule has 4 aromatic heterocycles. The fraction of sp³-hybridized carbons (Fsp3) is 0.269. The highest BCUT2D eigenvalue weighted by Crippen LogP contribution is 2.29. The third-order valence-corrected chi connectivity index (χ3v) is 6.85. The molecule has 0 bridgehead atoms. The van der Waals surface area contributed by atoms with E-state index in [2.05, 4.69) is 31.3 Å². The summed E-state index contributed by atoms with van der Waals surface area (Å²) in [5.41, 5.74) is 7.54. The Bertz CT molecular complexity index is 1470. The number of aryl methyl sites for hydroxylation is 3. The third-order valence-electron chi connectivity index (χ3n) is 6.31. The topological polar surface area (TPSA) is 88.8 Å². The van der Waals surface area contributed by atoms with E-state index in [1.807, 2.05) is 44.0 Å². The molecule has 1 aliphatic rings. The lowest BCUT2D eigenvalue weighted by molar-refractivity contribution is 0.0950. The van der Waals surface area contributed by atoms with E-state index in [1.54, 1.807) is 18.3 Å². The van der Waals surface area contributed by atoms with Gasteiger partial charge in [0.2, 0.25) is 0 Å². The number of amides is 1. The van der Waals surface area contributed by atoms with Gasteiger partial charge in [0.25, 0.3) is 5.91 Å². The average Bonchev–Trinajstić information content (AvgIpc) is 3.20. The summed E-state index contributed by atoms with van der Waals surface area (Å²) in [5.74, 6) is 0.637. The monoisotopic (exact) mass is 521 g/mol. The minimum Gasteiger partial charge on any atom is -0.352 e. The van der Waals surface area contributed by atoms with Gasteiger partial charge in [-0.05, 0) is 43.2 Å². The number of pyridine rings is 3. The molecular formula is C26H25Cl2N7O. The molecule has 0 radical (unpaired) electrons. The minimum absolute atomic E-state index is 0.229. The summed E-state index contributed by atoms with van der Waals surface area (Å²) in [7, 11) is 1.92. The molecule has 5 rings (SSSR count). The lowest BCUT2D eigenvalue weighted by atomic mass is 10.0. The number of fused-ring (bicyclic) bond motifs is 1. The van der Waals surface area contributed by atoms with Crippen molar-refractivity contribution in [2.75, 3.05) is 11.4 Å². The van der Waals surface area contributed by atoms with Gasteiger partial charge in [-0.2, -0.15) is 5.10 Å². The van der Waals surface area contributed by atoms with Gasteiger partial charge >= 0.3 is 0 Å². The molecule has 5 heterocycles. The van der Waals surface area contributed by atoms with Crippen molar-refractivity contribution < 1.29 is 4.79 Å². The molecule has 0 saturated carbocycles. The Labute approximate surface area is 219 Å². The van der Waals surface area contributed by atoms with Gasteiger partial charge in [-0.1, -0.05) is 29.3 Å². The molecule has 0 aromatic carbocycles. The van der Waals surface area contributed by atoms with Crippen LogP contribution in [0, 0.1) is 13.8 Å². The normalized spacial score (nSPS) is 13.0. The molecule has 0 fully saturated rings. The van der Waals surface area contributed by atoms with Crippen molar-refractivity contribution in [3.8, 4) is 11.1 Å². The van der Waals surface area contributed by atoms with Crippen LogP contribution in [0.5, 0.6) is 0 Å². The molecular weight excluding hydrogens is 497 g/mol. The first-order chi connectivity index (χ1) is 17.3. The Kier molecular flexibility index (Phi) is 6.64. The molecule has 1 N–H and O–H groups in total. The molecule has 8 nitrogen and oxygen atoms in total. The number of aromatic nitrogens is 5. The molecule has 0 saturated heterocycles. The van der Waals surface area contributed by atoms with Gasteiger partial charge in [-0.25, -0.2) is 9.97 Å². The number of nitrogens with one attached hydrogen (secondary N) is 1. The minimum atomic E-state index is -0.229. The van der Waals surface area contributed by atoms with Crippen molar-refractivity contribution in [1.82, 2.24) is 30.0 Å². The zero-order valence-electron chi connectivity index (χ0n) is 20.2. The van der Waals surface area contributed by atoms with Crippen molar-refractivity contribution in [3.63, 3.8) is 0 Å². The maximum atomic E-state index is 12.7. The number of carbonyl (C=O) groups is 1. The van der Waals surface area contributed by atoms with Crippen LogP contribution in [0.1, 0.15) is 38.4 Å². The molecule has 4 aromatic rings. The number of anilines is 1. The maximum Gasteiger partial charge on any atom is 0.253 e. The smallest absolute Gasteiger partial charge is 0.253 e. The lowest BCUT2D eigenvalue weighted by Crippen LogP contribution is -2.32. The summed E-state index contributed by atoms with van der Waals surface area (Å²) < 4.78 is 1.82. The lowest BCUT2D eigenvalue weighted by Gasteiger charge is -2.30. The standard InChI is InChI=1S/C26H25Cl2N7O/c1-15-8-19(26(36)31-10-17-4-5-23(27)32-24(17)28)12-30-25(15)35-7-6-22-20(13-35)9-18(11-29-22)21-14-34(3)33-16(21)2/h4-5,8-9,11-12,14H,6-7,10,13H2,1-3H3,(H,31,36). The second-order valence-corrected chi connectivity index (χ2v) is 9.68. The van der Waals surface area contributed by atoms with E-state index in [0.29, 0.717) is 22.8 Å². The second-order valence-electron chi connectivity index (χ2n) is 8.93. The first kappa shape index (κ1) is 24.2. The van der Waals surface area contributed by atoms with Crippen molar-refractivity contribution in [2.45, 2.75) is 33.4 Å². The number of rotatable bonds is 5. The second kappa shape index (κ2) is 9.87. The molecule has 0 aliphatic carbocycles. The summed E-state index contributed by atoms with van der Waals surface area (Å²) in [6.45, 7) is 5.75. The number of hydrogen-bond acceptors (Lipinski definition) is 6. The fourth-order valence-corrected chi connectivity index (χ4v) is 4.92. The Morgan fingerprint density at radius 1 is 1.14 bits per heavy atom. The molecule has 10 heteroatoms. The third kappa shape index (κ3) is 4.92. The van der Waals surface area contributed by atoms with Crippen molar-refractivity contribution >= 4 is 34.9 Å². The number of carbonyl (C=O) groups excluding carboxylic acids is 1. The van der Waals surface area contributed by atoms with Gasteiger partial charge in [0.05, 0.1) is 11.3 Å². The molecule has 1 amide bonds. The van der Waals surface area contributed by atoms with E-state index in [4.69, 9.17) is 28.2 Å². The van der Waals surface area contributed by atoms with Crippen molar-refractivity contribution in [3.05, 3.63) is 86.8 Å². The zero-order chi connectivity index (χ0) is 25.4. The highest BCUT2D eigenvalue weighted by Gasteiger charge is 2.22. The summed E-state index contributed by atoms with van der Waals surface area (Å²) in [6, 6.07) is 7.45. The van der Waals surface area contributed by atoms with Crippen LogP contribution in [0.15, 0.2) is 42.9 Å². The molecule has 0 spiro atoms. The Hall–Kier alpha value is -3.49. The molecule has 184 valence electrons. The van der Waals surface area contributed by atoms with Crippen LogP contribution in [-0.4, -0.2) is 37.2 Å². The van der Waals surface area contributed by atoms with Gasteiger partial charge in [-0.15, -0.1) is 0 Å². The van der Waals surface area contributed by atoms with E-state index >= 15 is 0 Å². The zero-order valence-corrected chi connectivity index (χ0v) is 21.7. The van der Waals surface area contributed by atoms with Crippen molar-refractivity contribution in [1.29, 1.82) is 0 Å². The van der Waals surface area contributed by atoms with Gasteiger partial charge < -0.3 is 10.2 Å². The quantitative estimate of drug-likeness (QED) is 0.383. The van der Waals surface area contributed by atoms with Crippen LogP contribution >= 0.6 is 23.2 Å². The van der Waals surface area contributed by atoms with E-state index in [1.165, 1.54) is 5.56 Å². The van der Waals surface area contributed by atoms with Crippen LogP contribution < -0.4 is 10.2 Å². The van der Waals surface area contributed by atoms with Crippen molar-refractivity contribution in [2.24, 2.45) is 7.05 Å². The Balaban J connectivity index is 1.30. The SMILES string of the molecule is Cc1cc(C(=O)NCc2ccc(Cl)nc2Cl)cnc1N1CCc2ncc(-c3cn(C)nc3C)cc2C1. The van der Waals surface area contributed by atoms with Crippen LogP contribution in [0.3, 0.4) is 0 Å². The van der Waals surface area contributed by atoms with E-state index in [9.17, 15) is 4.79 Å². The van der Waals surface area contributed by atoms with Crippen LogP contribution in [0.4, 0.5) is 5.82 Å². The summed E-state index contributed by atoms with van der Waals surface area (Å²) in [6.07, 6.45) is 6.40. The van der Waals surface area contributed by atoms with E-state index in [0.717, 1.165) is 46.9 Å². The first-order valence-electron chi connectivity index (χ1n) is 11.6. The highest BCUT2D eigenvalue weighted by atomic mass is 35.5. The number of nitrogens with zero attached hydrogens (tertiary/aromatic N) is 6. The van der Waals surface area contributed by atoms with Gasteiger partial charge in [0.1, 0.15) is 16.1 Å². The van der Waals surface area contributed by atoms with Crippen LogP contribution in [0.25, 0.3) is 11.1 Å². The highest BCUT2D eigenvalue weighted by molar-refractivity contribution is 6.32. The molecule has 0 atom stereocenters. The first-order valence-corrected chi connectivity index (χ1v) is 12.3. The molecule has 36 heavy (non-hydrogen) atoms. The average molecular weight is 522 g/mol. The van der Waals surface area contributed by atoms with Crippen LogP contribution in [-0.2, 0) is 26.6 Å². The van der Waals surface area contributed by atoms with E-state index < -0.39 is 0 Å². The van der Waals surface area contributed by atoms with Gasteiger partial charge in [-0.3, -0.25) is 14.5 Å². The maximum absolute atomic E-state index is 12.7. The Morgan fingerprint density at radius 2 is 1.97 bits per heavy atom. The predicted octanol–water partition coefficient (Wildman–Crippen LogP) is 4.69. The predicted molar refractivity (Wildman–Crippen MR) is 140 cm³/mol.